The number of fused-ring (bicyclic) bond motifs is 2. The quantitative estimate of drug-likeness (QED) is 0.701. The zero-order valence-corrected chi connectivity index (χ0v) is 12.0. The topological polar surface area (TPSA) is 12.0 Å². The summed E-state index contributed by atoms with van der Waals surface area (Å²) in [7, 11) is 0. The molecular formula is C18H27N. The van der Waals surface area contributed by atoms with Gasteiger partial charge in [-0.05, 0) is 91.9 Å². The fourth-order valence-corrected chi connectivity index (χ4v) is 8.78. The maximum Gasteiger partial charge on any atom is 0.0160 e. The molecule has 9 unspecified atom stereocenters. The maximum absolute atomic E-state index is 4.10. The molecule has 6 rings (SSSR count). The maximum atomic E-state index is 4.10. The first-order valence-electron chi connectivity index (χ1n) is 9.11. The minimum absolute atomic E-state index is 0.798. The first-order chi connectivity index (χ1) is 9.38. The molecule has 19 heavy (non-hydrogen) atoms. The Morgan fingerprint density at radius 2 is 1.84 bits per heavy atom. The highest BCUT2D eigenvalue weighted by molar-refractivity contribution is 5.22. The molecule has 104 valence electrons. The molecule has 0 aromatic rings. The highest BCUT2D eigenvalue weighted by Gasteiger charge is 2.71. The van der Waals surface area contributed by atoms with E-state index < -0.39 is 0 Å². The lowest BCUT2D eigenvalue weighted by atomic mass is 9.49. The van der Waals surface area contributed by atoms with Gasteiger partial charge in [-0.2, -0.15) is 0 Å². The average molecular weight is 257 g/mol. The molecule has 6 aliphatic rings. The van der Waals surface area contributed by atoms with Gasteiger partial charge in [0.1, 0.15) is 0 Å². The van der Waals surface area contributed by atoms with E-state index in [-0.39, 0.29) is 0 Å². The van der Waals surface area contributed by atoms with Crippen molar-refractivity contribution in [3.8, 4) is 0 Å². The van der Waals surface area contributed by atoms with Crippen molar-refractivity contribution >= 4 is 0 Å². The third kappa shape index (κ3) is 1.02. The number of hydrogen-bond donors (Lipinski definition) is 1. The van der Waals surface area contributed by atoms with Crippen LogP contribution >= 0.6 is 0 Å². The Bertz CT molecular complexity index is 431. The van der Waals surface area contributed by atoms with Crippen LogP contribution in [0.25, 0.3) is 0 Å². The monoisotopic (exact) mass is 257 g/mol. The summed E-state index contributed by atoms with van der Waals surface area (Å²) in [5.74, 6) is 7.89. The van der Waals surface area contributed by atoms with Crippen LogP contribution in [0.15, 0.2) is 0 Å². The van der Waals surface area contributed by atoms with Crippen molar-refractivity contribution in [2.75, 3.05) is 6.54 Å². The van der Waals surface area contributed by atoms with Crippen LogP contribution in [0.1, 0.15) is 51.4 Å². The van der Waals surface area contributed by atoms with Gasteiger partial charge >= 0.3 is 0 Å². The summed E-state index contributed by atoms with van der Waals surface area (Å²) in [5.41, 5.74) is 0.798. The van der Waals surface area contributed by atoms with Crippen molar-refractivity contribution in [2.45, 2.75) is 57.4 Å². The van der Waals surface area contributed by atoms with Gasteiger partial charge in [0.25, 0.3) is 0 Å². The molecule has 5 aliphatic carbocycles. The van der Waals surface area contributed by atoms with E-state index in [1.807, 2.05) is 0 Å². The molecule has 1 N–H and O–H groups in total. The zero-order valence-electron chi connectivity index (χ0n) is 12.0. The van der Waals surface area contributed by atoms with Crippen molar-refractivity contribution < 1.29 is 0 Å². The number of rotatable bonds is 0. The van der Waals surface area contributed by atoms with E-state index in [4.69, 9.17) is 0 Å². The first kappa shape index (κ1) is 10.7. The summed E-state index contributed by atoms with van der Waals surface area (Å²) < 4.78 is 0. The largest absolute Gasteiger partial charge is 0.313 e. The molecule has 0 aromatic carbocycles. The van der Waals surface area contributed by atoms with Crippen LogP contribution in [-0.4, -0.2) is 12.6 Å². The molecule has 5 saturated carbocycles. The van der Waals surface area contributed by atoms with Crippen LogP contribution in [0.5, 0.6) is 0 Å². The molecular weight excluding hydrogens is 230 g/mol. The molecule has 1 aliphatic heterocycles. The summed E-state index contributed by atoms with van der Waals surface area (Å²) in [6, 6.07) is 0.956. The number of hydrogen-bond acceptors (Lipinski definition) is 1. The second-order valence-electron chi connectivity index (χ2n) is 9.01. The van der Waals surface area contributed by atoms with Crippen LogP contribution in [0.4, 0.5) is 0 Å². The van der Waals surface area contributed by atoms with Crippen LogP contribution in [0, 0.1) is 46.8 Å². The van der Waals surface area contributed by atoms with E-state index in [0.717, 1.165) is 47.0 Å². The van der Waals surface area contributed by atoms with E-state index in [2.05, 4.69) is 5.32 Å². The van der Waals surface area contributed by atoms with E-state index >= 15 is 0 Å². The lowest BCUT2D eigenvalue weighted by Crippen LogP contribution is -2.64. The molecule has 9 atom stereocenters. The van der Waals surface area contributed by atoms with Gasteiger partial charge in [-0.3, -0.25) is 0 Å². The summed E-state index contributed by atoms with van der Waals surface area (Å²) in [6.45, 7) is 1.38. The lowest BCUT2D eigenvalue weighted by molar-refractivity contribution is -0.0895. The highest BCUT2D eigenvalue weighted by Crippen LogP contribution is 2.74. The highest BCUT2D eigenvalue weighted by atomic mass is 15.0. The summed E-state index contributed by atoms with van der Waals surface area (Å²) >= 11 is 0. The molecule has 1 heteroatoms. The molecule has 7 bridgehead atoms. The zero-order chi connectivity index (χ0) is 12.2. The van der Waals surface area contributed by atoms with Gasteiger partial charge in [0.2, 0.25) is 0 Å². The van der Waals surface area contributed by atoms with Crippen molar-refractivity contribution in [3.05, 3.63) is 0 Å². The molecule has 0 aromatic heterocycles. The fourth-order valence-electron chi connectivity index (χ4n) is 8.78. The Balaban J connectivity index is 1.56. The SMILES string of the molecule is C1CC2CNC3C4CC2C3(C1)C1CC2CCC4C1C2. The Morgan fingerprint density at radius 3 is 2.84 bits per heavy atom. The molecule has 1 spiro atoms. The van der Waals surface area contributed by atoms with Gasteiger partial charge in [0, 0.05) is 6.04 Å². The van der Waals surface area contributed by atoms with Crippen LogP contribution < -0.4 is 5.32 Å². The predicted molar refractivity (Wildman–Crippen MR) is 75.6 cm³/mol. The Hall–Kier alpha value is -0.0400. The Morgan fingerprint density at radius 1 is 0.842 bits per heavy atom. The first-order valence-corrected chi connectivity index (χ1v) is 9.11. The summed E-state index contributed by atoms with van der Waals surface area (Å²) in [5, 5.41) is 4.10. The fraction of sp³-hybridized carbons (Fsp3) is 1.00. The van der Waals surface area contributed by atoms with Crippen molar-refractivity contribution in [3.63, 3.8) is 0 Å². The van der Waals surface area contributed by atoms with Crippen LogP contribution in [-0.2, 0) is 0 Å². The predicted octanol–water partition coefficient (Wildman–Crippen LogP) is 3.45. The van der Waals surface area contributed by atoms with E-state index in [1.165, 1.54) is 12.5 Å². The normalized spacial score (nSPS) is 68.2. The average Bonchev–Trinajstić information content (AvgIpc) is 2.82. The van der Waals surface area contributed by atoms with E-state index in [1.54, 1.807) is 51.4 Å². The number of nitrogens with one attached hydrogen (secondary N) is 1. The van der Waals surface area contributed by atoms with Gasteiger partial charge in [-0.15, -0.1) is 0 Å². The van der Waals surface area contributed by atoms with Crippen molar-refractivity contribution in [2.24, 2.45) is 46.8 Å². The number of piperidine rings is 1. The summed E-state index contributed by atoms with van der Waals surface area (Å²) in [4.78, 5) is 0. The standard InChI is InChI=1S/C18H27N/c1-2-11-9-19-17-14-8-15(11)18(17,5-1)16-7-10-3-4-12(14)13(16)6-10/h10-17,19H,1-9H2. The molecule has 0 radical (unpaired) electrons. The van der Waals surface area contributed by atoms with Crippen molar-refractivity contribution in [1.82, 2.24) is 5.32 Å². The van der Waals surface area contributed by atoms with E-state index in [9.17, 15) is 0 Å². The van der Waals surface area contributed by atoms with Gasteiger partial charge in [-0.25, -0.2) is 0 Å². The second kappa shape index (κ2) is 3.24. The summed E-state index contributed by atoms with van der Waals surface area (Å²) in [6.07, 6.45) is 12.8. The Kier molecular flexibility index (Phi) is 1.81. The van der Waals surface area contributed by atoms with Gasteiger partial charge in [-0.1, -0.05) is 12.8 Å². The van der Waals surface area contributed by atoms with Gasteiger partial charge in [0.15, 0.2) is 0 Å². The second-order valence-corrected chi connectivity index (χ2v) is 9.01. The third-order valence-electron chi connectivity index (χ3n) is 8.99. The van der Waals surface area contributed by atoms with Crippen LogP contribution in [0.2, 0.25) is 0 Å². The molecule has 1 heterocycles. The molecule has 1 nitrogen and oxygen atoms in total. The van der Waals surface area contributed by atoms with E-state index in [0.29, 0.717) is 0 Å². The van der Waals surface area contributed by atoms with Gasteiger partial charge < -0.3 is 5.32 Å². The van der Waals surface area contributed by atoms with Crippen LogP contribution in [0.3, 0.4) is 0 Å². The van der Waals surface area contributed by atoms with Crippen molar-refractivity contribution in [1.29, 1.82) is 0 Å². The minimum Gasteiger partial charge on any atom is -0.313 e. The van der Waals surface area contributed by atoms with Gasteiger partial charge in [0.05, 0.1) is 0 Å². The molecule has 1 saturated heterocycles. The minimum atomic E-state index is 0.798. The molecule has 0 amide bonds. The molecule has 6 fully saturated rings. The lowest BCUT2D eigenvalue weighted by Gasteiger charge is -2.60. The smallest absolute Gasteiger partial charge is 0.0160 e. The Labute approximate surface area is 116 Å². The third-order valence-corrected chi connectivity index (χ3v) is 8.99.